The fourth-order valence-electron chi connectivity index (χ4n) is 0.602. The van der Waals surface area contributed by atoms with Gasteiger partial charge in [-0.05, 0) is 35.4 Å². The molecule has 0 saturated carbocycles. The Labute approximate surface area is 63.5 Å². The zero-order valence-corrected chi connectivity index (χ0v) is 5.93. The summed E-state index contributed by atoms with van der Waals surface area (Å²) in [6, 6.07) is 1.84. The number of aromatic nitrogens is 1. The predicted molar refractivity (Wildman–Crippen MR) is 40.7 cm³/mol. The number of allylic oxidation sites excluding steroid dienone is 1. The van der Waals surface area contributed by atoms with Crippen LogP contribution < -0.4 is 0 Å². The van der Waals surface area contributed by atoms with Gasteiger partial charge in [-0.2, -0.15) is 0 Å². The third kappa shape index (κ3) is 2.07. The first-order valence-corrected chi connectivity index (χ1v) is 3.17. The Morgan fingerprint density at radius 3 is 3.00 bits per heavy atom. The van der Waals surface area contributed by atoms with E-state index >= 15 is 0 Å². The Morgan fingerprint density at radius 2 is 2.50 bits per heavy atom. The van der Waals surface area contributed by atoms with Crippen LogP contribution in [0.3, 0.4) is 0 Å². The van der Waals surface area contributed by atoms with Gasteiger partial charge < -0.3 is 4.98 Å². The Kier molecular flexibility index (Phi) is 2.29. The van der Waals surface area contributed by atoms with Gasteiger partial charge in [0.2, 0.25) is 5.24 Å². The molecule has 0 saturated heterocycles. The fourth-order valence-corrected chi connectivity index (χ4v) is 0.665. The number of hydrogen-bond acceptors (Lipinski definition) is 1. The molecule has 0 atom stereocenters. The summed E-state index contributed by atoms with van der Waals surface area (Å²) in [5.74, 6) is 0. The number of hydrogen-bond donors (Lipinski definition) is 1. The zero-order valence-electron chi connectivity index (χ0n) is 5.17. The molecule has 0 aromatic carbocycles. The molecule has 1 heterocycles. The van der Waals surface area contributed by atoms with Crippen LogP contribution in [0.1, 0.15) is 5.56 Å². The van der Waals surface area contributed by atoms with Crippen LogP contribution in [-0.2, 0) is 4.79 Å². The molecule has 0 bridgehead atoms. The lowest BCUT2D eigenvalue weighted by atomic mass is 10.3. The fraction of sp³-hybridized carbons (Fsp3) is 0. The number of nitrogens with one attached hydrogen (secondary N) is 1. The highest BCUT2D eigenvalue weighted by atomic mass is 35.5. The van der Waals surface area contributed by atoms with Crippen LogP contribution in [0.25, 0.3) is 6.08 Å². The van der Waals surface area contributed by atoms with E-state index in [9.17, 15) is 4.79 Å². The Morgan fingerprint density at radius 1 is 1.70 bits per heavy atom. The van der Waals surface area contributed by atoms with E-state index < -0.39 is 5.24 Å². The van der Waals surface area contributed by atoms with Crippen molar-refractivity contribution in [1.29, 1.82) is 0 Å². The molecular weight excluding hydrogens is 150 g/mol. The van der Waals surface area contributed by atoms with E-state index in [0.29, 0.717) is 0 Å². The van der Waals surface area contributed by atoms with Gasteiger partial charge in [0.25, 0.3) is 0 Å². The molecule has 0 spiro atoms. The number of aromatic amines is 1. The minimum Gasteiger partial charge on any atom is -0.367 e. The van der Waals surface area contributed by atoms with Crippen LogP contribution in [0, 0.1) is 0 Å². The quantitative estimate of drug-likeness (QED) is 0.513. The monoisotopic (exact) mass is 155 g/mol. The summed E-state index contributed by atoms with van der Waals surface area (Å²) in [5, 5.41) is -0.457. The molecular formula is C7H6ClNO. The number of halogens is 1. The molecule has 0 aliphatic heterocycles. The second-order valence-corrected chi connectivity index (χ2v) is 2.15. The van der Waals surface area contributed by atoms with Crippen molar-refractivity contribution in [2.45, 2.75) is 0 Å². The van der Waals surface area contributed by atoms with Crippen molar-refractivity contribution in [3.05, 3.63) is 30.1 Å². The van der Waals surface area contributed by atoms with Crippen LogP contribution >= 0.6 is 11.6 Å². The molecule has 10 heavy (non-hydrogen) atoms. The number of carbonyl (C=O) groups excluding carboxylic acids is 1. The van der Waals surface area contributed by atoms with Gasteiger partial charge in [-0.15, -0.1) is 0 Å². The van der Waals surface area contributed by atoms with Crippen molar-refractivity contribution in [2.75, 3.05) is 0 Å². The lowest BCUT2D eigenvalue weighted by Gasteiger charge is -1.77. The molecule has 0 aliphatic rings. The molecule has 2 nitrogen and oxygen atoms in total. The molecule has 3 heteroatoms. The van der Waals surface area contributed by atoms with Gasteiger partial charge in [-0.3, -0.25) is 4.79 Å². The minimum atomic E-state index is -0.457. The van der Waals surface area contributed by atoms with E-state index in [2.05, 4.69) is 4.98 Å². The average Bonchev–Trinajstić information content (AvgIpc) is 2.34. The smallest absolute Gasteiger partial charge is 0.245 e. The van der Waals surface area contributed by atoms with Gasteiger partial charge in [0.15, 0.2) is 0 Å². The predicted octanol–water partition coefficient (Wildman–Crippen LogP) is 1.79. The van der Waals surface area contributed by atoms with Crippen LogP contribution in [0.2, 0.25) is 0 Å². The highest BCUT2D eigenvalue weighted by Gasteiger charge is 1.86. The molecule has 0 aliphatic carbocycles. The van der Waals surface area contributed by atoms with Crippen molar-refractivity contribution in [1.82, 2.24) is 4.98 Å². The van der Waals surface area contributed by atoms with E-state index in [1.54, 1.807) is 18.5 Å². The highest BCUT2D eigenvalue weighted by Crippen LogP contribution is 1.99. The SMILES string of the molecule is O=C(Cl)/C=C/c1cc[nH]c1. The Balaban J connectivity index is 2.64. The molecule has 1 aromatic heterocycles. The van der Waals surface area contributed by atoms with Gasteiger partial charge in [0.05, 0.1) is 0 Å². The third-order valence-corrected chi connectivity index (χ3v) is 1.15. The molecule has 1 rings (SSSR count). The summed E-state index contributed by atoms with van der Waals surface area (Å²) in [4.78, 5) is 13.1. The highest BCUT2D eigenvalue weighted by molar-refractivity contribution is 6.66. The topological polar surface area (TPSA) is 32.9 Å². The summed E-state index contributed by atoms with van der Waals surface area (Å²) in [6.07, 6.45) is 6.51. The van der Waals surface area contributed by atoms with E-state index in [0.717, 1.165) is 5.56 Å². The first kappa shape index (κ1) is 7.09. The molecule has 0 fully saturated rings. The lowest BCUT2D eigenvalue weighted by Crippen LogP contribution is -1.73. The zero-order chi connectivity index (χ0) is 7.40. The van der Waals surface area contributed by atoms with E-state index in [1.807, 2.05) is 6.07 Å². The van der Waals surface area contributed by atoms with Gasteiger partial charge >= 0.3 is 0 Å². The second-order valence-electron chi connectivity index (χ2n) is 1.78. The summed E-state index contributed by atoms with van der Waals surface area (Å²) >= 11 is 5.06. The first-order chi connectivity index (χ1) is 4.79. The van der Waals surface area contributed by atoms with E-state index in [-0.39, 0.29) is 0 Å². The van der Waals surface area contributed by atoms with Crippen molar-refractivity contribution in [3.63, 3.8) is 0 Å². The second kappa shape index (κ2) is 3.22. The molecule has 52 valence electrons. The van der Waals surface area contributed by atoms with Crippen molar-refractivity contribution in [3.8, 4) is 0 Å². The van der Waals surface area contributed by atoms with Gasteiger partial charge in [0.1, 0.15) is 0 Å². The molecule has 0 radical (unpaired) electrons. The molecule has 0 unspecified atom stereocenters. The molecule has 1 N–H and O–H groups in total. The minimum absolute atomic E-state index is 0.457. The first-order valence-electron chi connectivity index (χ1n) is 2.79. The Hall–Kier alpha value is -1.02. The standard InChI is InChI=1S/C7H6ClNO/c8-7(10)2-1-6-3-4-9-5-6/h1-5,9H/b2-1+. The number of H-pyrrole nitrogens is 1. The maximum atomic E-state index is 10.2. The lowest BCUT2D eigenvalue weighted by molar-refractivity contribution is -0.107. The summed E-state index contributed by atoms with van der Waals surface area (Å²) in [5.41, 5.74) is 0.939. The van der Waals surface area contributed by atoms with Crippen LogP contribution in [0.4, 0.5) is 0 Å². The van der Waals surface area contributed by atoms with Crippen LogP contribution in [-0.4, -0.2) is 10.2 Å². The maximum absolute atomic E-state index is 10.2. The average molecular weight is 156 g/mol. The normalized spacial score (nSPS) is 10.5. The number of rotatable bonds is 2. The molecule has 0 amide bonds. The van der Waals surface area contributed by atoms with Crippen molar-refractivity contribution in [2.24, 2.45) is 0 Å². The van der Waals surface area contributed by atoms with Gasteiger partial charge in [0, 0.05) is 12.4 Å². The Bertz CT molecular complexity index is 238. The third-order valence-electron chi connectivity index (χ3n) is 1.03. The van der Waals surface area contributed by atoms with Gasteiger partial charge in [-0.1, -0.05) is 0 Å². The number of carbonyl (C=O) groups is 1. The largest absolute Gasteiger partial charge is 0.367 e. The van der Waals surface area contributed by atoms with Crippen molar-refractivity contribution >= 4 is 22.9 Å². The van der Waals surface area contributed by atoms with Crippen LogP contribution in [0.15, 0.2) is 24.5 Å². The maximum Gasteiger partial charge on any atom is 0.245 e. The van der Waals surface area contributed by atoms with Crippen molar-refractivity contribution < 1.29 is 4.79 Å². The van der Waals surface area contributed by atoms with Gasteiger partial charge in [-0.25, -0.2) is 0 Å². The van der Waals surface area contributed by atoms with E-state index in [4.69, 9.17) is 11.6 Å². The summed E-state index contributed by atoms with van der Waals surface area (Å²) in [7, 11) is 0. The van der Waals surface area contributed by atoms with E-state index in [1.165, 1.54) is 6.08 Å². The van der Waals surface area contributed by atoms with Crippen LogP contribution in [0.5, 0.6) is 0 Å². The summed E-state index contributed by atoms with van der Waals surface area (Å²) in [6.45, 7) is 0. The molecule has 1 aromatic rings. The summed E-state index contributed by atoms with van der Waals surface area (Å²) < 4.78 is 0.